The molecule has 0 fully saturated rings. The molecule has 1 aromatic carbocycles. The van der Waals surface area contributed by atoms with Gasteiger partial charge in [0.15, 0.2) is 0 Å². The fourth-order valence-corrected chi connectivity index (χ4v) is 1.26. The molecule has 4 heteroatoms. The second-order valence-electron chi connectivity index (χ2n) is 2.73. The average Bonchev–Trinajstić information content (AvgIpc) is 2.15. The van der Waals surface area contributed by atoms with Crippen molar-refractivity contribution in [2.45, 2.75) is 12.8 Å². The van der Waals surface area contributed by atoms with Crippen molar-refractivity contribution in [3.63, 3.8) is 0 Å². The summed E-state index contributed by atoms with van der Waals surface area (Å²) < 4.78 is 0. The molecule has 1 rings (SSSR count). The van der Waals surface area contributed by atoms with Gasteiger partial charge in [0.05, 0.1) is 0 Å². The summed E-state index contributed by atoms with van der Waals surface area (Å²) in [7, 11) is 0. The standard InChI is InChI=1S/C10H8ClNO2/c11-9-3-1-2-8(6-9)4-5-10(14)12-7-13/h1-3,6H,4-5H2. The van der Waals surface area contributed by atoms with Crippen molar-refractivity contribution < 1.29 is 9.59 Å². The number of carbonyl (C=O) groups is 1. The van der Waals surface area contributed by atoms with Gasteiger partial charge in [0.1, 0.15) is 0 Å². The van der Waals surface area contributed by atoms with E-state index in [-0.39, 0.29) is 6.42 Å². The van der Waals surface area contributed by atoms with E-state index in [0.29, 0.717) is 11.4 Å². The largest absolute Gasteiger partial charge is 0.272 e. The highest BCUT2D eigenvalue weighted by Gasteiger charge is 2.00. The lowest BCUT2D eigenvalue weighted by Gasteiger charge is -1.98. The highest BCUT2D eigenvalue weighted by molar-refractivity contribution is 6.30. The Morgan fingerprint density at radius 3 is 2.93 bits per heavy atom. The topological polar surface area (TPSA) is 46.5 Å². The zero-order chi connectivity index (χ0) is 10.4. The fraction of sp³-hybridized carbons (Fsp3) is 0.200. The van der Waals surface area contributed by atoms with Gasteiger partial charge in [-0.05, 0) is 24.1 Å². The molecule has 0 radical (unpaired) electrons. The molecule has 1 amide bonds. The number of hydrogen-bond acceptors (Lipinski definition) is 2. The molecule has 0 saturated carbocycles. The molecule has 0 heterocycles. The number of hydrogen-bond donors (Lipinski definition) is 0. The average molecular weight is 210 g/mol. The van der Waals surface area contributed by atoms with Crippen LogP contribution in [0.2, 0.25) is 5.02 Å². The van der Waals surface area contributed by atoms with Gasteiger partial charge >= 0.3 is 0 Å². The number of amides is 1. The van der Waals surface area contributed by atoms with E-state index in [2.05, 4.69) is 4.99 Å². The lowest BCUT2D eigenvalue weighted by Crippen LogP contribution is -1.95. The van der Waals surface area contributed by atoms with Crippen LogP contribution in [0.3, 0.4) is 0 Å². The van der Waals surface area contributed by atoms with Gasteiger partial charge in [0.2, 0.25) is 6.08 Å². The Balaban J connectivity index is 2.53. The number of aliphatic imine (C=N–C) groups is 1. The Morgan fingerprint density at radius 1 is 1.50 bits per heavy atom. The lowest BCUT2D eigenvalue weighted by atomic mass is 10.1. The van der Waals surface area contributed by atoms with Crippen LogP contribution >= 0.6 is 11.6 Å². The Morgan fingerprint density at radius 2 is 2.29 bits per heavy atom. The third kappa shape index (κ3) is 3.52. The molecule has 1 aromatic rings. The van der Waals surface area contributed by atoms with Crippen molar-refractivity contribution in [1.82, 2.24) is 0 Å². The number of rotatable bonds is 3. The fourth-order valence-electron chi connectivity index (χ4n) is 1.05. The molecule has 0 aliphatic carbocycles. The molecule has 0 aromatic heterocycles. The predicted molar refractivity (Wildman–Crippen MR) is 52.9 cm³/mol. The van der Waals surface area contributed by atoms with E-state index in [9.17, 15) is 9.59 Å². The zero-order valence-corrected chi connectivity index (χ0v) is 8.12. The predicted octanol–water partition coefficient (Wildman–Crippen LogP) is 2.13. The summed E-state index contributed by atoms with van der Waals surface area (Å²) in [5.74, 6) is -0.458. The van der Waals surface area contributed by atoms with E-state index in [0.717, 1.165) is 5.56 Å². The van der Waals surface area contributed by atoms with E-state index >= 15 is 0 Å². The smallest absolute Gasteiger partial charge is 0.256 e. The van der Waals surface area contributed by atoms with Crippen molar-refractivity contribution in [2.75, 3.05) is 0 Å². The maximum atomic E-state index is 10.8. The van der Waals surface area contributed by atoms with Crippen LogP contribution in [-0.4, -0.2) is 12.0 Å². The van der Waals surface area contributed by atoms with E-state index < -0.39 is 5.91 Å². The summed E-state index contributed by atoms with van der Waals surface area (Å²) in [6.45, 7) is 0. The van der Waals surface area contributed by atoms with Crippen molar-refractivity contribution in [3.8, 4) is 0 Å². The summed E-state index contributed by atoms with van der Waals surface area (Å²) >= 11 is 5.75. The quantitative estimate of drug-likeness (QED) is 0.566. The first-order valence-electron chi connectivity index (χ1n) is 4.07. The first-order valence-corrected chi connectivity index (χ1v) is 4.45. The summed E-state index contributed by atoms with van der Waals surface area (Å²) in [4.78, 5) is 23.6. The summed E-state index contributed by atoms with van der Waals surface area (Å²) in [6, 6.07) is 7.21. The Hall–Kier alpha value is -1.44. The lowest BCUT2D eigenvalue weighted by molar-refractivity contribution is -0.117. The van der Waals surface area contributed by atoms with Crippen LogP contribution in [0.4, 0.5) is 0 Å². The Kier molecular flexibility index (Phi) is 4.05. The van der Waals surface area contributed by atoms with Crippen LogP contribution in [0, 0.1) is 0 Å². The number of isocyanates is 1. The highest BCUT2D eigenvalue weighted by Crippen LogP contribution is 2.12. The minimum Gasteiger partial charge on any atom is -0.272 e. The molecular weight excluding hydrogens is 202 g/mol. The highest BCUT2D eigenvalue weighted by atomic mass is 35.5. The molecule has 0 atom stereocenters. The maximum absolute atomic E-state index is 10.8. The molecule has 0 bridgehead atoms. The molecule has 72 valence electrons. The van der Waals surface area contributed by atoms with Gasteiger partial charge in [-0.15, -0.1) is 4.99 Å². The number of benzene rings is 1. The number of carbonyl (C=O) groups excluding carboxylic acids is 2. The molecule has 0 spiro atoms. The zero-order valence-electron chi connectivity index (χ0n) is 7.37. The Bertz CT molecular complexity index is 383. The van der Waals surface area contributed by atoms with Gasteiger partial charge < -0.3 is 0 Å². The molecule has 14 heavy (non-hydrogen) atoms. The van der Waals surface area contributed by atoms with Gasteiger partial charge in [0, 0.05) is 11.4 Å². The molecule has 3 nitrogen and oxygen atoms in total. The molecular formula is C10H8ClNO2. The molecule has 0 aliphatic heterocycles. The normalized spacial score (nSPS) is 9.21. The van der Waals surface area contributed by atoms with Crippen LogP contribution in [0.1, 0.15) is 12.0 Å². The van der Waals surface area contributed by atoms with E-state index in [1.54, 1.807) is 12.1 Å². The van der Waals surface area contributed by atoms with Crippen LogP contribution in [-0.2, 0) is 16.0 Å². The Labute approximate surface area is 86.4 Å². The van der Waals surface area contributed by atoms with E-state index in [4.69, 9.17) is 11.6 Å². The first kappa shape index (κ1) is 10.6. The molecule has 0 saturated heterocycles. The van der Waals surface area contributed by atoms with Gasteiger partial charge in [-0.3, -0.25) is 4.79 Å². The number of halogens is 1. The van der Waals surface area contributed by atoms with Crippen molar-refractivity contribution >= 4 is 23.6 Å². The number of aryl methyl sites for hydroxylation is 1. The second-order valence-corrected chi connectivity index (χ2v) is 3.16. The third-order valence-electron chi connectivity index (χ3n) is 1.69. The second kappa shape index (κ2) is 5.32. The molecule has 0 unspecified atom stereocenters. The molecule has 0 N–H and O–H groups in total. The monoisotopic (exact) mass is 209 g/mol. The van der Waals surface area contributed by atoms with Crippen molar-refractivity contribution in [1.29, 1.82) is 0 Å². The van der Waals surface area contributed by atoms with E-state index in [1.807, 2.05) is 12.1 Å². The van der Waals surface area contributed by atoms with Gasteiger partial charge in [-0.2, -0.15) is 0 Å². The van der Waals surface area contributed by atoms with Crippen LogP contribution in [0.5, 0.6) is 0 Å². The van der Waals surface area contributed by atoms with Crippen LogP contribution in [0.25, 0.3) is 0 Å². The first-order chi connectivity index (χ1) is 6.72. The van der Waals surface area contributed by atoms with Crippen molar-refractivity contribution in [2.24, 2.45) is 4.99 Å². The minimum atomic E-state index is -0.458. The SMILES string of the molecule is O=C=NC(=O)CCc1cccc(Cl)c1. The van der Waals surface area contributed by atoms with Gasteiger partial charge in [0.25, 0.3) is 5.91 Å². The molecule has 0 aliphatic rings. The van der Waals surface area contributed by atoms with Crippen molar-refractivity contribution in [3.05, 3.63) is 34.9 Å². The summed E-state index contributed by atoms with van der Waals surface area (Å²) in [6.07, 6.45) is 1.95. The van der Waals surface area contributed by atoms with Crippen LogP contribution < -0.4 is 0 Å². The van der Waals surface area contributed by atoms with E-state index in [1.165, 1.54) is 6.08 Å². The van der Waals surface area contributed by atoms with Crippen LogP contribution in [0.15, 0.2) is 29.3 Å². The minimum absolute atomic E-state index is 0.204. The number of nitrogens with zero attached hydrogens (tertiary/aromatic N) is 1. The van der Waals surface area contributed by atoms with Gasteiger partial charge in [-0.25, -0.2) is 4.79 Å². The summed E-state index contributed by atoms with van der Waals surface area (Å²) in [5, 5.41) is 0.633. The van der Waals surface area contributed by atoms with Gasteiger partial charge in [-0.1, -0.05) is 23.7 Å². The summed E-state index contributed by atoms with van der Waals surface area (Å²) in [5.41, 5.74) is 0.951. The third-order valence-corrected chi connectivity index (χ3v) is 1.92. The maximum Gasteiger partial charge on any atom is 0.256 e.